The van der Waals surface area contributed by atoms with Crippen molar-refractivity contribution in [1.82, 2.24) is 0 Å². The van der Waals surface area contributed by atoms with Gasteiger partial charge in [-0.05, 0) is 81.4 Å². The molecule has 29 heavy (non-hydrogen) atoms. The number of aromatic hydroxyl groups is 1. The van der Waals surface area contributed by atoms with Crippen molar-refractivity contribution in [1.29, 1.82) is 0 Å². The molecule has 2 aromatic carbocycles. The maximum atomic E-state index is 12.5. The third-order valence-electron chi connectivity index (χ3n) is 4.87. The largest absolute Gasteiger partial charge is 0.505 e. The highest BCUT2D eigenvalue weighted by Gasteiger charge is 2.43. The van der Waals surface area contributed by atoms with Gasteiger partial charge < -0.3 is 14.9 Å². The Hall–Kier alpha value is -1.42. The number of phenolic OH excluding ortho intramolecular Hbond substituents is 1. The van der Waals surface area contributed by atoms with Crippen LogP contribution in [0.3, 0.4) is 0 Å². The summed E-state index contributed by atoms with van der Waals surface area (Å²) in [4.78, 5) is 24.4. The second-order valence-corrected chi connectivity index (χ2v) is 9.75. The molecule has 148 valence electrons. The number of hydrogen-bond donors (Lipinski definition) is 2. The van der Waals surface area contributed by atoms with Crippen LogP contribution in [0.1, 0.15) is 27.4 Å². The average molecular weight is 650 g/mol. The van der Waals surface area contributed by atoms with Crippen LogP contribution >= 0.6 is 63.7 Å². The van der Waals surface area contributed by atoms with Crippen molar-refractivity contribution in [2.24, 2.45) is 5.92 Å². The van der Waals surface area contributed by atoms with Crippen molar-refractivity contribution >= 4 is 75.5 Å². The molecule has 0 fully saturated rings. The van der Waals surface area contributed by atoms with Gasteiger partial charge in [-0.25, -0.2) is 4.79 Å². The van der Waals surface area contributed by atoms with Gasteiger partial charge in [-0.2, -0.15) is 0 Å². The molecule has 4 rings (SSSR count). The smallest absolute Gasteiger partial charge is 0.335 e. The van der Waals surface area contributed by atoms with Crippen LogP contribution < -0.4 is 4.74 Å². The zero-order chi connectivity index (χ0) is 21.0. The number of carbonyl (C=O) groups is 2. The molecule has 1 heterocycles. The summed E-state index contributed by atoms with van der Waals surface area (Å²) in [5.41, 5.74) is 1.40. The summed E-state index contributed by atoms with van der Waals surface area (Å²) in [6.07, 6.45) is 1.73. The molecular weight excluding hydrogens is 640 g/mol. The van der Waals surface area contributed by atoms with Gasteiger partial charge in [-0.3, -0.25) is 4.79 Å². The highest BCUT2D eigenvalue weighted by Crippen LogP contribution is 2.55. The fourth-order valence-corrected chi connectivity index (χ4v) is 6.15. The van der Waals surface area contributed by atoms with Crippen molar-refractivity contribution in [3.8, 4) is 11.5 Å². The Kier molecular flexibility index (Phi) is 5.52. The minimum absolute atomic E-state index is 0.0527. The molecule has 2 N–H and O–H groups in total. The number of carboxylic acids is 1. The van der Waals surface area contributed by atoms with E-state index in [1.807, 2.05) is 0 Å². The molecule has 0 aromatic heterocycles. The van der Waals surface area contributed by atoms with E-state index in [-0.39, 0.29) is 21.6 Å². The molecule has 0 bridgehead atoms. The normalized spacial score (nSPS) is 20.6. The topological polar surface area (TPSA) is 83.8 Å². The van der Waals surface area contributed by atoms with Crippen molar-refractivity contribution in [2.75, 3.05) is 0 Å². The van der Waals surface area contributed by atoms with Crippen molar-refractivity contribution < 1.29 is 24.5 Å². The summed E-state index contributed by atoms with van der Waals surface area (Å²) in [5.74, 6) is -1.59. The molecule has 0 unspecified atom stereocenters. The molecule has 0 saturated heterocycles. The second-order valence-electron chi connectivity index (χ2n) is 6.46. The highest BCUT2D eigenvalue weighted by atomic mass is 79.9. The van der Waals surface area contributed by atoms with Gasteiger partial charge in [-0.15, -0.1) is 0 Å². The number of carboxylic acid groups (broad SMARTS) is 1. The zero-order valence-electron chi connectivity index (χ0n) is 14.2. The van der Waals surface area contributed by atoms with E-state index in [0.29, 0.717) is 36.1 Å². The highest BCUT2D eigenvalue weighted by molar-refractivity contribution is 9.13. The Morgan fingerprint density at radius 2 is 1.76 bits per heavy atom. The van der Waals surface area contributed by atoms with E-state index in [1.54, 1.807) is 36.4 Å². The molecule has 2 atom stereocenters. The number of hydrogen-bond acceptors (Lipinski definition) is 4. The first-order chi connectivity index (χ1) is 13.7. The average Bonchev–Trinajstić information content (AvgIpc) is 2.69. The maximum Gasteiger partial charge on any atom is 0.335 e. The summed E-state index contributed by atoms with van der Waals surface area (Å²) in [6, 6.07) is 8.44. The minimum Gasteiger partial charge on any atom is -0.505 e. The van der Waals surface area contributed by atoms with Gasteiger partial charge in [0.15, 0.2) is 0 Å². The maximum absolute atomic E-state index is 12.5. The Morgan fingerprint density at radius 3 is 2.45 bits per heavy atom. The summed E-state index contributed by atoms with van der Waals surface area (Å²) < 4.78 is 7.41. The predicted octanol–water partition coefficient (Wildman–Crippen LogP) is 6.22. The van der Waals surface area contributed by atoms with Gasteiger partial charge in [0.05, 0.1) is 14.5 Å². The van der Waals surface area contributed by atoms with Gasteiger partial charge in [0, 0.05) is 17.4 Å². The van der Waals surface area contributed by atoms with Crippen LogP contribution in [0.25, 0.3) is 0 Å². The number of ketones is 1. The first-order valence-corrected chi connectivity index (χ1v) is 11.4. The molecule has 0 amide bonds. The van der Waals surface area contributed by atoms with Crippen LogP contribution in [0.15, 0.2) is 60.1 Å². The van der Waals surface area contributed by atoms with Gasteiger partial charge in [0.25, 0.3) is 0 Å². The molecule has 1 aliphatic heterocycles. The monoisotopic (exact) mass is 646 g/mol. The lowest BCUT2D eigenvalue weighted by molar-refractivity contribution is -0.111. The summed E-state index contributed by atoms with van der Waals surface area (Å²) in [6.45, 7) is 0. The number of carbonyl (C=O) groups excluding carboxylic acids is 1. The number of halogens is 4. The first-order valence-electron chi connectivity index (χ1n) is 8.25. The molecule has 1 aliphatic carbocycles. The van der Waals surface area contributed by atoms with Crippen LogP contribution in [0.4, 0.5) is 0 Å². The van der Waals surface area contributed by atoms with E-state index in [4.69, 9.17) is 4.74 Å². The van der Waals surface area contributed by atoms with Gasteiger partial charge in [-0.1, -0.05) is 24.3 Å². The number of aromatic carboxylic acids is 1. The number of fused-ring (bicyclic) bond motifs is 2. The number of phenols is 1. The van der Waals surface area contributed by atoms with E-state index < -0.39 is 17.8 Å². The van der Waals surface area contributed by atoms with E-state index in [9.17, 15) is 19.8 Å². The lowest BCUT2D eigenvalue weighted by atomic mass is 9.74. The van der Waals surface area contributed by atoms with Crippen LogP contribution in [-0.4, -0.2) is 22.0 Å². The molecule has 9 heteroatoms. The first kappa shape index (κ1) is 20.8. The molecule has 0 spiro atoms. The molecule has 2 aliphatic rings. The van der Waals surface area contributed by atoms with Crippen molar-refractivity contribution in [2.45, 2.75) is 5.92 Å². The van der Waals surface area contributed by atoms with E-state index in [0.717, 1.165) is 0 Å². The van der Waals surface area contributed by atoms with Crippen LogP contribution in [0.2, 0.25) is 0 Å². The van der Waals surface area contributed by atoms with Crippen LogP contribution in [-0.2, 0) is 4.79 Å². The molecule has 2 aromatic rings. The Morgan fingerprint density at radius 1 is 1.07 bits per heavy atom. The minimum atomic E-state index is -1.05. The number of allylic oxidation sites excluding steroid dienone is 3. The zero-order valence-corrected chi connectivity index (χ0v) is 20.6. The van der Waals surface area contributed by atoms with Crippen molar-refractivity contribution in [3.05, 3.63) is 76.8 Å². The quantitative estimate of drug-likeness (QED) is 0.404. The number of ether oxygens (including phenoxy) is 1. The summed E-state index contributed by atoms with van der Waals surface area (Å²) in [7, 11) is 0. The number of benzene rings is 2. The summed E-state index contributed by atoms with van der Waals surface area (Å²) >= 11 is 13.3. The predicted molar refractivity (Wildman–Crippen MR) is 121 cm³/mol. The van der Waals surface area contributed by atoms with Crippen LogP contribution in [0, 0.1) is 5.92 Å². The molecule has 5 nitrogen and oxygen atoms in total. The Balaban J connectivity index is 2.08. The van der Waals surface area contributed by atoms with Gasteiger partial charge >= 0.3 is 5.97 Å². The molecule has 0 saturated carbocycles. The fourth-order valence-electron chi connectivity index (χ4n) is 3.60. The van der Waals surface area contributed by atoms with E-state index in [1.165, 1.54) is 0 Å². The summed E-state index contributed by atoms with van der Waals surface area (Å²) in [5, 5.41) is 20.1. The molecule has 0 radical (unpaired) electrons. The number of rotatable bonds is 2. The van der Waals surface area contributed by atoms with E-state index >= 15 is 0 Å². The van der Waals surface area contributed by atoms with E-state index in [2.05, 4.69) is 63.7 Å². The van der Waals surface area contributed by atoms with Gasteiger partial charge in [0.1, 0.15) is 26.2 Å². The number of Topliss-reactive ketones (excluding diaryl/α,β-unsaturated/α-hetero) is 1. The standard InChI is InChI=1S/C20H10Br4O5/c21-11-5-9-13(7-3-1-2-4-8(7)20(27)28)10-6-12(22)17(26)15(24)19(10)29-18(9)14(23)16(11)25/h1-6,9,13,26H,(H,27,28)/t9-,13-/m0/s1. The Labute approximate surface area is 199 Å². The lowest BCUT2D eigenvalue weighted by Gasteiger charge is -2.37. The second kappa shape index (κ2) is 7.68. The van der Waals surface area contributed by atoms with Gasteiger partial charge in [0.2, 0.25) is 5.78 Å². The van der Waals surface area contributed by atoms with Crippen LogP contribution in [0.5, 0.6) is 11.5 Å². The van der Waals surface area contributed by atoms with Crippen molar-refractivity contribution in [3.63, 3.8) is 0 Å². The third-order valence-corrected chi connectivity index (χ3v) is 7.59. The SMILES string of the molecule is O=C1C(Br)=C[C@@H]2C(=C1Br)Oc1c(cc(Br)c(O)c1Br)[C@H]2c1ccccc1C(=O)O. The molecular formula is C20H10Br4O5. The third kappa shape index (κ3) is 3.32. The Bertz CT molecular complexity index is 1150. The fraction of sp³-hybridized carbons (Fsp3) is 0.100. The lowest BCUT2D eigenvalue weighted by Crippen LogP contribution is -2.30.